The monoisotopic (exact) mass is 270 g/mol. The molecule has 0 bridgehead atoms. The van der Waals surface area contributed by atoms with Crippen LogP contribution in [-0.4, -0.2) is 6.10 Å². The highest BCUT2D eigenvalue weighted by molar-refractivity contribution is 5.24. The van der Waals surface area contributed by atoms with E-state index >= 15 is 0 Å². The zero-order valence-electron chi connectivity index (χ0n) is 12.1. The number of halogens is 2. The van der Waals surface area contributed by atoms with Crippen molar-refractivity contribution in [1.29, 1.82) is 0 Å². The Morgan fingerprint density at radius 3 is 2.42 bits per heavy atom. The predicted molar refractivity (Wildman–Crippen MR) is 74.4 cm³/mol. The van der Waals surface area contributed by atoms with Crippen LogP contribution in [0, 0.1) is 17.6 Å². The van der Waals surface area contributed by atoms with E-state index in [2.05, 4.69) is 20.8 Å². The number of ether oxygens (including phenoxy) is 1. The van der Waals surface area contributed by atoms with Crippen molar-refractivity contribution in [3.8, 4) is 5.75 Å². The van der Waals surface area contributed by atoms with Crippen molar-refractivity contribution in [2.75, 3.05) is 0 Å². The Labute approximate surface area is 115 Å². The molecule has 0 fully saturated rings. The summed E-state index contributed by atoms with van der Waals surface area (Å²) in [7, 11) is 0. The molecule has 1 nitrogen and oxygen atoms in total. The molecule has 1 aromatic rings. The van der Waals surface area contributed by atoms with Crippen molar-refractivity contribution in [3.63, 3.8) is 0 Å². The van der Waals surface area contributed by atoms with Crippen LogP contribution in [0.3, 0.4) is 0 Å². The Hall–Kier alpha value is -1.12. The summed E-state index contributed by atoms with van der Waals surface area (Å²) in [5.74, 6) is -0.383. The second-order valence-corrected chi connectivity index (χ2v) is 5.19. The lowest BCUT2D eigenvalue weighted by Gasteiger charge is -2.20. The molecule has 0 aliphatic rings. The topological polar surface area (TPSA) is 9.23 Å². The normalized spacial score (nSPS) is 14.2. The first-order chi connectivity index (χ1) is 9.06. The Morgan fingerprint density at radius 1 is 1.11 bits per heavy atom. The van der Waals surface area contributed by atoms with Crippen LogP contribution in [0.5, 0.6) is 5.75 Å². The molecule has 1 rings (SSSR count). The van der Waals surface area contributed by atoms with Gasteiger partial charge < -0.3 is 4.74 Å². The van der Waals surface area contributed by atoms with E-state index in [-0.39, 0.29) is 11.9 Å². The van der Waals surface area contributed by atoms with Crippen LogP contribution in [0.25, 0.3) is 0 Å². The van der Waals surface area contributed by atoms with E-state index < -0.39 is 11.6 Å². The smallest absolute Gasteiger partial charge is 0.167 e. The van der Waals surface area contributed by atoms with Gasteiger partial charge in [0.1, 0.15) is 5.82 Å². The number of hydrogen-bond acceptors (Lipinski definition) is 1. The van der Waals surface area contributed by atoms with Crippen molar-refractivity contribution in [1.82, 2.24) is 0 Å². The fourth-order valence-corrected chi connectivity index (χ4v) is 2.01. The molecule has 108 valence electrons. The summed E-state index contributed by atoms with van der Waals surface area (Å²) in [6.45, 7) is 6.46. The average molecular weight is 270 g/mol. The molecule has 1 aromatic carbocycles. The number of benzene rings is 1. The Balaban J connectivity index is 2.61. The molecule has 0 heterocycles. The highest BCUT2D eigenvalue weighted by Gasteiger charge is 2.14. The minimum Gasteiger partial charge on any atom is -0.487 e. The lowest BCUT2D eigenvalue weighted by molar-refractivity contribution is 0.162. The lowest BCUT2D eigenvalue weighted by Crippen LogP contribution is -2.18. The fraction of sp³-hybridized carbons (Fsp3) is 0.625. The van der Waals surface area contributed by atoms with Crippen molar-refractivity contribution in [3.05, 3.63) is 29.8 Å². The summed E-state index contributed by atoms with van der Waals surface area (Å²) in [4.78, 5) is 0. The van der Waals surface area contributed by atoms with Gasteiger partial charge >= 0.3 is 0 Å². The predicted octanol–water partition coefficient (Wildman–Crippen LogP) is 5.34. The summed E-state index contributed by atoms with van der Waals surface area (Å²) in [5, 5.41) is 0. The minimum atomic E-state index is -0.621. The Bertz CT molecular complexity index is 379. The molecule has 0 saturated carbocycles. The lowest BCUT2D eigenvalue weighted by atomic mass is 9.99. The van der Waals surface area contributed by atoms with Crippen LogP contribution in [0.2, 0.25) is 0 Å². The first-order valence-electron chi connectivity index (χ1n) is 7.18. The van der Waals surface area contributed by atoms with Crippen LogP contribution in [0.4, 0.5) is 8.78 Å². The van der Waals surface area contributed by atoms with Gasteiger partial charge in [0.2, 0.25) is 0 Å². The van der Waals surface area contributed by atoms with E-state index in [0.717, 1.165) is 38.2 Å². The number of hydrogen-bond donors (Lipinski definition) is 0. The summed E-state index contributed by atoms with van der Waals surface area (Å²) in [6, 6.07) is 3.47. The van der Waals surface area contributed by atoms with Crippen molar-refractivity contribution < 1.29 is 13.5 Å². The zero-order valence-corrected chi connectivity index (χ0v) is 12.1. The van der Waals surface area contributed by atoms with E-state index in [1.54, 1.807) is 0 Å². The Morgan fingerprint density at radius 2 is 1.84 bits per heavy atom. The van der Waals surface area contributed by atoms with Gasteiger partial charge in [-0.2, -0.15) is 0 Å². The summed E-state index contributed by atoms with van der Waals surface area (Å²) in [5.41, 5.74) is 0. The van der Waals surface area contributed by atoms with E-state index in [9.17, 15) is 8.78 Å². The SMILES string of the molecule is CCCC(CC[C@H](C)CC)Oc1ccc(F)cc1F. The summed E-state index contributed by atoms with van der Waals surface area (Å²) >= 11 is 0. The van der Waals surface area contributed by atoms with E-state index in [1.165, 1.54) is 12.1 Å². The molecule has 2 atom stereocenters. The minimum absolute atomic E-state index is 0.0129. The second-order valence-electron chi connectivity index (χ2n) is 5.19. The quantitative estimate of drug-likeness (QED) is 0.619. The van der Waals surface area contributed by atoms with Crippen molar-refractivity contribution >= 4 is 0 Å². The van der Waals surface area contributed by atoms with Crippen LogP contribution < -0.4 is 4.74 Å². The fourth-order valence-electron chi connectivity index (χ4n) is 2.01. The third-order valence-corrected chi connectivity index (χ3v) is 3.48. The molecular weight excluding hydrogens is 246 g/mol. The maximum Gasteiger partial charge on any atom is 0.167 e. The largest absolute Gasteiger partial charge is 0.487 e. The summed E-state index contributed by atoms with van der Waals surface area (Å²) in [6.07, 6.45) is 5.04. The molecule has 0 aromatic heterocycles. The molecule has 0 aliphatic carbocycles. The van der Waals surface area contributed by atoms with Crippen LogP contribution in [0.15, 0.2) is 18.2 Å². The summed E-state index contributed by atoms with van der Waals surface area (Å²) < 4.78 is 32.1. The molecular formula is C16H24F2O. The van der Waals surface area contributed by atoms with Gasteiger partial charge in [-0.1, -0.05) is 33.6 Å². The third kappa shape index (κ3) is 5.58. The highest BCUT2D eigenvalue weighted by atomic mass is 19.1. The molecule has 1 unspecified atom stereocenters. The van der Waals surface area contributed by atoms with Gasteiger partial charge in [-0.3, -0.25) is 0 Å². The molecule has 0 spiro atoms. The van der Waals surface area contributed by atoms with Crippen LogP contribution >= 0.6 is 0 Å². The van der Waals surface area contributed by atoms with Crippen LogP contribution in [0.1, 0.15) is 52.9 Å². The first kappa shape index (κ1) is 15.9. The molecule has 0 radical (unpaired) electrons. The average Bonchev–Trinajstić information content (AvgIpc) is 2.38. The molecule has 0 saturated heterocycles. The molecule has 0 aliphatic heterocycles. The van der Waals surface area contributed by atoms with E-state index in [0.29, 0.717) is 5.92 Å². The van der Waals surface area contributed by atoms with Gasteiger partial charge in [-0.15, -0.1) is 0 Å². The van der Waals surface area contributed by atoms with Gasteiger partial charge in [0.05, 0.1) is 6.10 Å². The van der Waals surface area contributed by atoms with Crippen molar-refractivity contribution in [2.45, 2.75) is 59.0 Å². The van der Waals surface area contributed by atoms with E-state index in [4.69, 9.17) is 4.74 Å². The zero-order chi connectivity index (χ0) is 14.3. The molecule has 0 amide bonds. The third-order valence-electron chi connectivity index (χ3n) is 3.48. The molecule has 19 heavy (non-hydrogen) atoms. The number of rotatable bonds is 8. The highest BCUT2D eigenvalue weighted by Crippen LogP contribution is 2.23. The Kier molecular flexibility index (Phi) is 6.82. The maximum absolute atomic E-state index is 13.6. The van der Waals surface area contributed by atoms with Crippen LogP contribution in [-0.2, 0) is 0 Å². The van der Waals surface area contributed by atoms with Gasteiger partial charge in [0.25, 0.3) is 0 Å². The molecule has 0 N–H and O–H groups in total. The van der Waals surface area contributed by atoms with Gasteiger partial charge in [-0.25, -0.2) is 8.78 Å². The standard InChI is InChI=1S/C16H24F2O/c1-4-6-14(9-7-12(3)5-2)19-16-10-8-13(17)11-15(16)18/h8,10-12,14H,4-7,9H2,1-3H3/t12-,14?/m1/s1. The van der Waals surface area contributed by atoms with Crippen molar-refractivity contribution in [2.24, 2.45) is 5.92 Å². The van der Waals surface area contributed by atoms with E-state index in [1.807, 2.05) is 0 Å². The molecule has 3 heteroatoms. The van der Waals surface area contributed by atoms with Gasteiger partial charge in [0, 0.05) is 6.07 Å². The first-order valence-corrected chi connectivity index (χ1v) is 7.18. The maximum atomic E-state index is 13.6. The second kappa shape index (κ2) is 8.13. The van der Waals surface area contributed by atoms with Gasteiger partial charge in [-0.05, 0) is 37.3 Å². The van der Waals surface area contributed by atoms with Gasteiger partial charge in [0.15, 0.2) is 11.6 Å².